The van der Waals surface area contributed by atoms with E-state index in [1.54, 1.807) is 49.5 Å². The maximum atomic E-state index is 12.3. The van der Waals surface area contributed by atoms with Crippen LogP contribution in [0, 0.1) is 6.92 Å². The Morgan fingerprint density at radius 2 is 1.88 bits per heavy atom. The third-order valence-corrected chi connectivity index (χ3v) is 4.92. The van der Waals surface area contributed by atoms with Crippen molar-refractivity contribution in [3.05, 3.63) is 89.9 Å². The fourth-order valence-corrected chi connectivity index (χ4v) is 3.28. The van der Waals surface area contributed by atoms with Gasteiger partial charge in [0.15, 0.2) is 0 Å². The van der Waals surface area contributed by atoms with Crippen LogP contribution in [-0.4, -0.2) is 28.8 Å². The molecule has 0 atom stereocenters. The number of hydrogen-bond acceptors (Lipinski definition) is 4. The van der Waals surface area contributed by atoms with Gasteiger partial charge in [-0.3, -0.25) is 14.6 Å². The molecule has 0 saturated carbocycles. The lowest BCUT2D eigenvalue weighted by atomic mass is 10.1. The van der Waals surface area contributed by atoms with Crippen LogP contribution in [0.5, 0.6) is 11.5 Å². The summed E-state index contributed by atoms with van der Waals surface area (Å²) in [6.45, 7) is 2.04. The molecule has 2 aromatic heterocycles. The van der Waals surface area contributed by atoms with Crippen molar-refractivity contribution in [2.45, 2.75) is 6.92 Å². The fourth-order valence-electron chi connectivity index (χ4n) is 3.28. The molecule has 32 heavy (non-hydrogen) atoms. The Hall–Kier alpha value is -4.39. The summed E-state index contributed by atoms with van der Waals surface area (Å²) in [7, 11) is 1.54. The zero-order valence-corrected chi connectivity index (χ0v) is 17.7. The number of rotatable bonds is 6. The van der Waals surface area contributed by atoms with Crippen LogP contribution in [0.25, 0.3) is 17.0 Å². The summed E-state index contributed by atoms with van der Waals surface area (Å²) in [6.07, 6.45) is 6.70. The smallest absolute Gasteiger partial charge is 0.269 e. The molecule has 2 aromatic carbocycles. The van der Waals surface area contributed by atoms with Crippen molar-refractivity contribution in [3.63, 3.8) is 0 Å². The summed E-state index contributed by atoms with van der Waals surface area (Å²) in [5.41, 5.74) is 4.09. The second-order valence-corrected chi connectivity index (χ2v) is 7.15. The van der Waals surface area contributed by atoms with Crippen molar-refractivity contribution in [1.29, 1.82) is 0 Å². The number of nitrogens with one attached hydrogen (secondary N) is 3. The SMILES string of the molecule is CNC(=O)c1cc(Oc2ccc(NC(=O)/C=C/c3c[nH]c4c(C)cccc34)cc2)ccn1. The number of aromatic nitrogens is 2. The van der Waals surface area contributed by atoms with Gasteiger partial charge in [-0.15, -0.1) is 0 Å². The summed E-state index contributed by atoms with van der Waals surface area (Å²) >= 11 is 0. The molecular weight excluding hydrogens is 404 g/mol. The Kier molecular flexibility index (Phi) is 5.98. The van der Waals surface area contributed by atoms with Crippen molar-refractivity contribution >= 4 is 34.5 Å². The van der Waals surface area contributed by atoms with E-state index in [0.29, 0.717) is 17.2 Å². The summed E-state index contributed by atoms with van der Waals surface area (Å²) in [6, 6.07) is 16.3. The molecule has 0 aliphatic heterocycles. The topological polar surface area (TPSA) is 96.1 Å². The molecule has 3 N–H and O–H groups in total. The lowest BCUT2D eigenvalue weighted by Crippen LogP contribution is -2.18. The highest BCUT2D eigenvalue weighted by atomic mass is 16.5. The van der Waals surface area contributed by atoms with Gasteiger partial charge in [-0.1, -0.05) is 18.2 Å². The van der Waals surface area contributed by atoms with E-state index in [-0.39, 0.29) is 17.5 Å². The van der Waals surface area contributed by atoms with Gasteiger partial charge in [-0.2, -0.15) is 0 Å². The number of hydrogen-bond donors (Lipinski definition) is 3. The van der Waals surface area contributed by atoms with E-state index in [0.717, 1.165) is 22.0 Å². The van der Waals surface area contributed by atoms with E-state index >= 15 is 0 Å². The molecule has 0 bridgehead atoms. The van der Waals surface area contributed by atoms with Crippen LogP contribution in [0.3, 0.4) is 0 Å². The molecule has 7 heteroatoms. The van der Waals surface area contributed by atoms with E-state index in [1.807, 2.05) is 31.3 Å². The van der Waals surface area contributed by atoms with E-state index in [4.69, 9.17) is 4.74 Å². The van der Waals surface area contributed by atoms with Crippen molar-refractivity contribution in [3.8, 4) is 11.5 Å². The van der Waals surface area contributed by atoms with Crippen LogP contribution in [0.1, 0.15) is 21.6 Å². The monoisotopic (exact) mass is 426 g/mol. The molecule has 0 fully saturated rings. The summed E-state index contributed by atoms with van der Waals surface area (Å²) in [5, 5.41) is 6.43. The van der Waals surface area contributed by atoms with Gasteiger partial charge in [0.2, 0.25) is 5.91 Å². The van der Waals surface area contributed by atoms with E-state index < -0.39 is 0 Å². The number of fused-ring (bicyclic) bond motifs is 1. The second kappa shape index (κ2) is 9.18. The number of H-pyrrole nitrogens is 1. The molecule has 160 valence electrons. The van der Waals surface area contributed by atoms with Gasteiger partial charge in [0, 0.05) is 48.2 Å². The maximum Gasteiger partial charge on any atom is 0.269 e. The van der Waals surface area contributed by atoms with Crippen LogP contribution in [0.2, 0.25) is 0 Å². The Morgan fingerprint density at radius 3 is 2.66 bits per heavy atom. The number of benzene rings is 2. The number of carbonyl (C=O) groups is 2. The largest absolute Gasteiger partial charge is 0.457 e. The minimum atomic E-state index is -0.288. The average Bonchev–Trinajstić information content (AvgIpc) is 3.23. The molecular formula is C25H22N4O3. The van der Waals surface area contributed by atoms with Crippen molar-refractivity contribution in [2.75, 3.05) is 12.4 Å². The molecule has 0 unspecified atom stereocenters. The number of carbonyl (C=O) groups excluding carboxylic acids is 2. The first-order valence-corrected chi connectivity index (χ1v) is 10.1. The standard InChI is InChI=1S/C25H22N4O3/c1-16-4-3-5-21-17(15-28-24(16)21)6-11-23(30)29-18-7-9-19(10-8-18)32-20-12-13-27-22(14-20)25(31)26-2/h3-15,28H,1-2H3,(H,26,31)(H,29,30)/b11-6+. The molecule has 2 heterocycles. The van der Waals surface area contributed by atoms with Gasteiger partial charge in [-0.25, -0.2) is 0 Å². The van der Waals surface area contributed by atoms with Crippen molar-refractivity contribution in [2.24, 2.45) is 0 Å². The lowest BCUT2D eigenvalue weighted by molar-refractivity contribution is -0.111. The summed E-state index contributed by atoms with van der Waals surface area (Å²) in [5.74, 6) is 0.545. The maximum absolute atomic E-state index is 12.3. The van der Waals surface area contributed by atoms with Crippen LogP contribution in [0.4, 0.5) is 5.69 Å². The van der Waals surface area contributed by atoms with E-state index in [2.05, 4.69) is 20.6 Å². The Labute approximate surface area is 185 Å². The first-order chi connectivity index (χ1) is 15.5. The zero-order chi connectivity index (χ0) is 22.5. The van der Waals surface area contributed by atoms with Crippen LogP contribution >= 0.6 is 0 Å². The Balaban J connectivity index is 1.39. The Bertz CT molecular complexity index is 1310. The van der Waals surface area contributed by atoms with Gasteiger partial charge in [-0.05, 0) is 54.5 Å². The molecule has 4 rings (SSSR count). The molecule has 0 saturated heterocycles. The molecule has 0 aliphatic carbocycles. The van der Waals surface area contributed by atoms with Gasteiger partial charge in [0.25, 0.3) is 5.91 Å². The lowest BCUT2D eigenvalue weighted by Gasteiger charge is -2.08. The number of nitrogens with zero attached hydrogens (tertiary/aromatic N) is 1. The van der Waals surface area contributed by atoms with E-state index in [1.165, 1.54) is 12.3 Å². The second-order valence-electron chi connectivity index (χ2n) is 7.15. The number of para-hydroxylation sites is 1. The fraction of sp³-hybridized carbons (Fsp3) is 0.0800. The predicted octanol–water partition coefficient (Wildman–Crippen LogP) is 4.68. The first kappa shape index (κ1) is 20.9. The molecule has 4 aromatic rings. The van der Waals surface area contributed by atoms with Crippen molar-refractivity contribution in [1.82, 2.24) is 15.3 Å². The molecule has 2 amide bonds. The minimum absolute atomic E-state index is 0.231. The molecule has 0 aliphatic rings. The van der Waals surface area contributed by atoms with Gasteiger partial charge in [0.1, 0.15) is 17.2 Å². The number of pyridine rings is 1. The van der Waals surface area contributed by atoms with Crippen LogP contribution in [-0.2, 0) is 4.79 Å². The third kappa shape index (κ3) is 4.67. The quantitative estimate of drug-likeness (QED) is 0.390. The highest BCUT2D eigenvalue weighted by Gasteiger charge is 2.07. The first-order valence-electron chi connectivity index (χ1n) is 10.1. The number of anilines is 1. The molecule has 7 nitrogen and oxygen atoms in total. The number of amides is 2. The Morgan fingerprint density at radius 1 is 1.06 bits per heavy atom. The number of ether oxygens (including phenoxy) is 1. The van der Waals surface area contributed by atoms with Gasteiger partial charge >= 0.3 is 0 Å². The summed E-state index contributed by atoms with van der Waals surface area (Å²) < 4.78 is 5.77. The average molecular weight is 426 g/mol. The van der Waals surface area contributed by atoms with Gasteiger partial charge < -0.3 is 20.4 Å². The zero-order valence-electron chi connectivity index (χ0n) is 17.7. The van der Waals surface area contributed by atoms with Crippen molar-refractivity contribution < 1.29 is 14.3 Å². The molecule has 0 spiro atoms. The third-order valence-electron chi connectivity index (χ3n) is 4.92. The normalized spacial score (nSPS) is 10.9. The van der Waals surface area contributed by atoms with Crippen LogP contribution in [0.15, 0.2) is 73.1 Å². The highest BCUT2D eigenvalue weighted by molar-refractivity contribution is 6.03. The van der Waals surface area contributed by atoms with E-state index in [9.17, 15) is 9.59 Å². The van der Waals surface area contributed by atoms with Crippen LogP contribution < -0.4 is 15.4 Å². The summed E-state index contributed by atoms with van der Waals surface area (Å²) in [4.78, 5) is 31.3. The number of aromatic amines is 1. The number of aryl methyl sites for hydroxylation is 1. The highest BCUT2D eigenvalue weighted by Crippen LogP contribution is 2.24. The minimum Gasteiger partial charge on any atom is -0.457 e. The van der Waals surface area contributed by atoms with Gasteiger partial charge in [0.05, 0.1) is 0 Å². The predicted molar refractivity (Wildman–Crippen MR) is 125 cm³/mol. The molecule has 0 radical (unpaired) electrons.